The Morgan fingerprint density at radius 3 is 3.11 bits per heavy atom. The fourth-order valence-corrected chi connectivity index (χ4v) is 1.77. The van der Waals surface area contributed by atoms with E-state index in [9.17, 15) is 0 Å². The summed E-state index contributed by atoms with van der Waals surface area (Å²) in [5.74, 6) is 0.811. The molecule has 1 saturated heterocycles. The second-order valence-electron chi connectivity index (χ2n) is 4.26. The number of nitrogens with one attached hydrogen (secondary N) is 1. The van der Waals surface area contributed by atoms with Gasteiger partial charge in [0.05, 0.1) is 31.7 Å². The van der Waals surface area contributed by atoms with Crippen LogP contribution in [0.15, 0.2) is 18.3 Å². The average molecular weight is 252 g/mol. The molecule has 2 rings (SSSR count). The van der Waals surface area contributed by atoms with Gasteiger partial charge in [-0.2, -0.15) is 0 Å². The molecule has 2 heterocycles. The van der Waals surface area contributed by atoms with Crippen molar-refractivity contribution >= 4 is 0 Å². The van der Waals surface area contributed by atoms with Gasteiger partial charge in [-0.1, -0.05) is 0 Å². The van der Waals surface area contributed by atoms with E-state index >= 15 is 0 Å². The Morgan fingerprint density at radius 1 is 1.50 bits per heavy atom. The normalized spacial score (nSPS) is 19.1. The van der Waals surface area contributed by atoms with E-state index in [0.717, 1.165) is 37.6 Å². The lowest BCUT2D eigenvalue weighted by Gasteiger charge is -2.11. The molecule has 1 N–H and O–H groups in total. The van der Waals surface area contributed by atoms with Crippen LogP contribution in [0.3, 0.4) is 0 Å². The number of ether oxygens (including phenoxy) is 3. The van der Waals surface area contributed by atoms with Crippen LogP contribution in [0.2, 0.25) is 0 Å². The monoisotopic (exact) mass is 252 g/mol. The second-order valence-corrected chi connectivity index (χ2v) is 4.26. The molecule has 18 heavy (non-hydrogen) atoms. The number of methoxy groups -OCH3 is 1. The number of rotatable bonds is 7. The van der Waals surface area contributed by atoms with E-state index in [1.165, 1.54) is 0 Å². The van der Waals surface area contributed by atoms with Crippen molar-refractivity contribution in [3.05, 3.63) is 24.0 Å². The first kappa shape index (κ1) is 13.3. The minimum absolute atomic E-state index is 0.178. The second kappa shape index (κ2) is 7.31. The van der Waals surface area contributed by atoms with E-state index in [1.807, 2.05) is 12.1 Å². The molecule has 0 amide bonds. The van der Waals surface area contributed by atoms with E-state index in [2.05, 4.69) is 10.3 Å². The van der Waals surface area contributed by atoms with Crippen LogP contribution in [0.5, 0.6) is 5.75 Å². The lowest BCUT2D eigenvalue weighted by molar-refractivity contribution is 0.141. The molecule has 0 aliphatic carbocycles. The highest BCUT2D eigenvalue weighted by Gasteiger charge is 2.16. The predicted molar refractivity (Wildman–Crippen MR) is 67.7 cm³/mol. The Morgan fingerprint density at radius 2 is 2.44 bits per heavy atom. The Hall–Kier alpha value is -1.17. The topological polar surface area (TPSA) is 52.6 Å². The number of hydrogen-bond acceptors (Lipinski definition) is 5. The maximum absolute atomic E-state index is 5.75. The van der Waals surface area contributed by atoms with Crippen LogP contribution in [0.4, 0.5) is 0 Å². The molecule has 1 atom stereocenters. The minimum atomic E-state index is 0.178. The third-order valence-electron chi connectivity index (χ3n) is 2.78. The molecule has 1 unspecified atom stereocenters. The van der Waals surface area contributed by atoms with Gasteiger partial charge in [-0.3, -0.25) is 4.98 Å². The number of nitrogens with zero attached hydrogens (tertiary/aromatic N) is 1. The van der Waals surface area contributed by atoms with Gasteiger partial charge in [0.2, 0.25) is 0 Å². The smallest absolute Gasteiger partial charge is 0.138 e. The zero-order valence-corrected chi connectivity index (χ0v) is 10.7. The van der Waals surface area contributed by atoms with Gasteiger partial charge in [-0.15, -0.1) is 0 Å². The SMILES string of the molecule is COCCNCc1ccc(OC2CCOC2)cn1. The fourth-order valence-electron chi connectivity index (χ4n) is 1.77. The highest BCUT2D eigenvalue weighted by Crippen LogP contribution is 2.15. The Balaban J connectivity index is 1.74. The Labute approximate surface area is 107 Å². The molecule has 1 aromatic heterocycles. The van der Waals surface area contributed by atoms with Gasteiger partial charge in [0.1, 0.15) is 11.9 Å². The molecule has 0 aromatic carbocycles. The number of pyridine rings is 1. The van der Waals surface area contributed by atoms with Crippen LogP contribution in [0.1, 0.15) is 12.1 Å². The zero-order valence-electron chi connectivity index (χ0n) is 10.7. The molecule has 5 heteroatoms. The van der Waals surface area contributed by atoms with Gasteiger partial charge in [0, 0.05) is 26.6 Å². The van der Waals surface area contributed by atoms with Crippen LogP contribution in [0.25, 0.3) is 0 Å². The molecule has 1 aliphatic rings. The first-order chi connectivity index (χ1) is 8.88. The van der Waals surface area contributed by atoms with Gasteiger partial charge in [0.25, 0.3) is 0 Å². The summed E-state index contributed by atoms with van der Waals surface area (Å²) in [6, 6.07) is 3.93. The standard InChI is InChI=1S/C13H20N2O3/c1-16-7-5-14-8-11-2-3-12(9-15-11)18-13-4-6-17-10-13/h2-3,9,13-14H,4-8,10H2,1H3. The highest BCUT2D eigenvalue weighted by molar-refractivity contribution is 5.20. The van der Waals surface area contributed by atoms with Crippen molar-refractivity contribution in [1.29, 1.82) is 0 Å². The van der Waals surface area contributed by atoms with Crippen molar-refractivity contribution in [2.45, 2.75) is 19.1 Å². The first-order valence-electron chi connectivity index (χ1n) is 6.27. The zero-order chi connectivity index (χ0) is 12.6. The predicted octanol–water partition coefficient (Wildman–Crippen LogP) is 0.985. The molecular weight excluding hydrogens is 232 g/mol. The van der Waals surface area contributed by atoms with Gasteiger partial charge in [-0.25, -0.2) is 0 Å². The molecule has 0 saturated carbocycles. The van der Waals surface area contributed by atoms with Gasteiger partial charge in [0.15, 0.2) is 0 Å². The van der Waals surface area contributed by atoms with E-state index in [0.29, 0.717) is 13.2 Å². The quantitative estimate of drug-likeness (QED) is 0.733. The lowest BCUT2D eigenvalue weighted by Crippen LogP contribution is -2.19. The maximum atomic E-state index is 5.75. The first-order valence-corrected chi connectivity index (χ1v) is 6.27. The molecule has 1 aromatic rings. The van der Waals surface area contributed by atoms with E-state index in [-0.39, 0.29) is 6.10 Å². The van der Waals surface area contributed by atoms with Crippen molar-refractivity contribution in [2.75, 3.05) is 33.5 Å². The van der Waals surface area contributed by atoms with Crippen molar-refractivity contribution in [1.82, 2.24) is 10.3 Å². The number of aromatic nitrogens is 1. The van der Waals surface area contributed by atoms with Crippen LogP contribution in [-0.2, 0) is 16.0 Å². The van der Waals surface area contributed by atoms with Gasteiger partial charge >= 0.3 is 0 Å². The molecule has 0 spiro atoms. The molecule has 0 bridgehead atoms. The fraction of sp³-hybridized carbons (Fsp3) is 0.615. The Kier molecular flexibility index (Phi) is 5.38. The summed E-state index contributed by atoms with van der Waals surface area (Å²) in [4.78, 5) is 4.35. The Bertz CT molecular complexity index is 337. The van der Waals surface area contributed by atoms with Crippen LogP contribution >= 0.6 is 0 Å². The highest BCUT2D eigenvalue weighted by atomic mass is 16.5. The summed E-state index contributed by atoms with van der Waals surface area (Å²) in [7, 11) is 1.69. The third kappa shape index (κ3) is 4.25. The van der Waals surface area contributed by atoms with Crippen molar-refractivity contribution in [2.24, 2.45) is 0 Å². The molecular formula is C13H20N2O3. The summed E-state index contributed by atoms with van der Waals surface area (Å²) in [6.07, 6.45) is 2.91. The average Bonchev–Trinajstić information content (AvgIpc) is 2.89. The molecule has 1 fully saturated rings. The maximum Gasteiger partial charge on any atom is 0.138 e. The van der Waals surface area contributed by atoms with E-state index < -0.39 is 0 Å². The van der Waals surface area contributed by atoms with Gasteiger partial charge in [-0.05, 0) is 12.1 Å². The summed E-state index contributed by atoms with van der Waals surface area (Å²) < 4.78 is 16.0. The summed E-state index contributed by atoms with van der Waals surface area (Å²) in [6.45, 7) is 3.76. The van der Waals surface area contributed by atoms with E-state index in [4.69, 9.17) is 14.2 Å². The van der Waals surface area contributed by atoms with Crippen molar-refractivity contribution in [3.63, 3.8) is 0 Å². The molecule has 0 radical (unpaired) electrons. The largest absolute Gasteiger partial charge is 0.486 e. The van der Waals surface area contributed by atoms with Crippen molar-refractivity contribution in [3.8, 4) is 5.75 Å². The van der Waals surface area contributed by atoms with Crippen LogP contribution in [0, 0.1) is 0 Å². The summed E-state index contributed by atoms with van der Waals surface area (Å²) >= 11 is 0. The van der Waals surface area contributed by atoms with Gasteiger partial charge < -0.3 is 19.5 Å². The summed E-state index contributed by atoms with van der Waals surface area (Å²) in [5.41, 5.74) is 1.00. The summed E-state index contributed by atoms with van der Waals surface area (Å²) in [5, 5.41) is 3.25. The van der Waals surface area contributed by atoms with Crippen LogP contribution in [-0.4, -0.2) is 44.6 Å². The minimum Gasteiger partial charge on any atom is -0.486 e. The molecule has 100 valence electrons. The lowest BCUT2D eigenvalue weighted by atomic mass is 10.3. The van der Waals surface area contributed by atoms with E-state index in [1.54, 1.807) is 13.3 Å². The number of hydrogen-bond donors (Lipinski definition) is 1. The van der Waals surface area contributed by atoms with Crippen LogP contribution < -0.4 is 10.1 Å². The van der Waals surface area contributed by atoms with Crippen molar-refractivity contribution < 1.29 is 14.2 Å². The molecule has 5 nitrogen and oxygen atoms in total. The third-order valence-corrected chi connectivity index (χ3v) is 2.78. The molecule has 1 aliphatic heterocycles.